The number of ether oxygens (including phenoxy) is 2. The van der Waals surface area contributed by atoms with Crippen molar-refractivity contribution in [1.82, 2.24) is 15.1 Å². The van der Waals surface area contributed by atoms with E-state index in [1.165, 1.54) is 10.5 Å². The van der Waals surface area contributed by atoms with Gasteiger partial charge < -0.3 is 19.7 Å². The molecule has 7 nitrogen and oxygen atoms in total. The molecular formula is C28H41N3O4S. The Labute approximate surface area is 219 Å². The summed E-state index contributed by atoms with van der Waals surface area (Å²) < 4.78 is 11.6. The van der Waals surface area contributed by atoms with Crippen LogP contribution in [0, 0.1) is 11.8 Å². The first-order chi connectivity index (χ1) is 17.5. The monoisotopic (exact) mass is 515 g/mol. The molecule has 1 atom stereocenters. The summed E-state index contributed by atoms with van der Waals surface area (Å²) in [6.45, 7) is 5.79. The third-order valence-corrected chi connectivity index (χ3v) is 9.34. The zero-order chi connectivity index (χ0) is 25.0. The van der Waals surface area contributed by atoms with Gasteiger partial charge in [0, 0.05) is 63.0 Å². The van der Waals surface area contributed by atoms with E-state index in [1.54, 1.807) is 11.8 Å². The van der Waals surface area contributed by atoms with Gasteiger partial charge in [-0.2, -0.15) is 0 Å². The minimum atomic E-state index is -0.324. The van der Waals surface area contributed by atoms with Crippen LogP contribution in [0.3, 0.4) is 0 Å². The Morgan fingerprint density at radius 1 is 1.11 bits per heavy atom. The van der Waals surface area contributed by atoms with E-state index in [4.69, 9.17) is 9.47 Å². The average Bonchev–Trinajstić information content (AvgIpc) is 3.53. The molecule has 1 N–H and O–H groups in total. The van der Waals surface area contributed by atoms with E-state index in [0.717, 1.165) is 84.2 Å². The largest absolute Gasteiger partial charge is 0.441 e. The number of piperidine rings is 1. The summed E-state index contributed by atoms with van der Waals surface area (Å²) in [6, 6.07) is 8.81. The molecule has 1 aromatic carbocycles. The molecule has 1 saturated carbocycles. The Bertz CT molecular complexity index is 889. The molecule has 1 aromatic rings. The van der Waals surface area contributed by atoms with Crippen LogP contribution in [0.25, 0.3) is 0 Å². The summed E-state index contributed by atoms with van der Waals surface area (Å²) in [7, 11) is 0. The number of benzene rings is 1. The highest BCUT2D eigenvalue weighted by Crippen LogP contribution is 2.36. The summed E-state index contributed by atoms with van der Waals surface area (Å²) in [5.74, 6) is 0.732. The molecule has 8 heteroatoms. The quantitative estimate of drug-likeness (QED) is 0.521. The van der Waals surface area contributed by atoms with Gasteiger partial charge in [0.15, 0.2) is 0 Å². The SMILES string of the molecule is CSc1ccc(CN2CCC3(CC2)CN(CC2CCC(C(=O)NCC4CCCO4)CC2)C(=O)O3)cc1. The van der Waals surface area contributed by atoms with E-state index < -0.39 is 0 Å². The molecule has 1 aliphatic carbocycles. The van der Waals surface area contributed by atoms with Crippen LogP contribution in [0.15, 0.2) is 29.2 Å². The Balaban J connectivity index is 1.03. The van der Waals surface area contributed by atoms with Gasteiger partial charge in [0.1, 0.15) is 5.60 Å². The van der Waals surface area contributed by atoms with Gasteiger partial charge in [0.2, 0.25) is 5.91 Å². The number of nitrogens with one attached hydrogen (secondary N) is 1. The summed E-state index contributed by atoms with van der Waals surface area (Å²) in [4.78, 5) is 31.0. The zero-order valence-corrected chi connectivity index (χ0v) is 22.4. The smallest absolute Gasteiger partial charge is 0.410 e. The molecule has 0 radical (unpaired) electrons. The van der Waals surface area contributed by atoms with Crippen molar-refractivity contribution in [2.75, 3.05) is 45.6 Å². The van der Waals surface area contributed by atoms with Crippen molar-refractivity contribution in [3.05, 3.63) is 29.8 Å². The number of rotatable bonds is 8. The third-order valence-electron chi connectivity index (χ3n) is 8.60. The summed E-state index contributed by atoms with van der Waals surface area (Å²) in [6.07, 6.45) is 9.89. The first-order valence-corrected chi connectivity index (χ1v) is 15.0. The molecule has 3 heterocycles. The predicted molar refractivity (Wildman–Crippen MR) is 141 cm³/mol. The van der Waals surface area contributed by atoms with Gasteiger partial charge in [-0.3, -0.25) is 9.69 Å². The van der Waals surface area contributed by atoms with Crippen molar-refractivity contribution in [2.45, 2.75) is 74.5 Å². The van der Waals surface area contributed by atoms with Crippen LogP contribution >= 0.6 is 11.8 Å². The standard InChI is InChI=1S/C28H41N3O4S/c1-36-25-10-6-21(7-11-25)18-30-14-12-28(13-15-30)20-31(27(33)35-28)19-22-4-8-23(9-5-22)26(32)29-17-24-3-2-16-34-24/h6-7,10-11,22-24H,2-5,8-9,12-20H2,1H3,(H,29,32). The van der Waals surface area contributed by atoms with Gasteiger partial charge in [-0.1, -0.05) is 12.1 Å². The predicted octanol–water partition coefficient (Wildman–Crippen LogP) is 4.30. The number of carbonyl (C=O) groups excluding carboxylic acids is 2. The fourth-order valence-corrected chi connectivity index (χ4v) is 6.69. The Hall–Kier alpha value is -1.77. The minimum Gasteiger partial charge on any atom is -0.441 e. The highest BCUT2D eigenvalue weighted by atomic mass is 32.2. The van der Waals surface area contributed by atoms with Crippen molar-refractivity contribution < 1.29 is 19.1 Å². The highest BCUT2D eigenvalue weighted by Gasteiger charge is 2.47. The van der Waals surface area contributed by atoms with Gasteiger partial charge in [-0.15, -0.1) is 11.8 Å². The lowest BCUT2D eigenvalue weighted by molar-refractivity contribution is -0.126. The van der Waals surface area contributed by atoms with E-state index >= 15 is 0 Å². The lowest BCUT2D eigenvalue weighted by Crippen LogP contribution is -2.47. The van der Waals surface area contributed by atoms with Crippen LogP contribution in [0.1, 0.15) is 56.9 Å². The molecule has 1 unspecified atom stereocenters. The van der Waals surface area contributed by atoms with Crippen LogP contribution in [0.4, 0.5) is 4.79 Å². The fourth-order valence-electron chi connectivity index (χ4n) is 6.28. The molecule has 198 valence electrons. The maximum Gasteiger partial charge on any atom is 0.410 e. The van der Waals surface area contributed by atoms with Crippen LogP contribution in [-0.2, 0) is 20.8 Å². The topological polar surface area (TPSA) is 71.1 Å². The van der Waals surface area contributed by atoms with Crippen molar-refractivity contribution >= 4 is 23.8 Å². The molecule has 2 amide bonds. The number of likely N-dealkylation sites (tertiary alicyclic amines) is 1. The number of hydrogen-bond donors (Lipinski definition) is 1. The summed E-state index contributed by atoms with van der Waals surface area (Å²) in [5.41, 5.74) is 1.01. The molecule has 5 rings (SSSR count). The maximum atomic E-state index is 12.8. The number of nitrogens with zero attached hydrogens (tertiary/aromatic N) is 2. The molecule has 0 aromatic heterocycles. The van der Waals surface area contributed by atoms with Crippen molar-refractivity contribution in [3.63, 3.8) is 0 Å². The second-order valence-electron chi connectivity index (χ2n) is 11.2. The number of hydrogen-bond acceptors (Lipinski definition) is 6. The fraction of sp³-hybridized carbons (Fsp3) is 0.714. The minimum absolute atomic E-state index is 0.0979. The molecule has 3 aliphatic heterocycles. The van der Waals surface area contributed by atoms with Gasteiger partial charge in [-0.05, 0) is 68.4 Å². The van der Waals surface area contributed by atoms with Crippen LogP contribution in [0.2, 0.25) is 0 Å². The third kappa shape index (κ3) is 6.37. The molecular weight excluding hydrogens is 474 g/mol. The summed E-state index contributed by atoms with van der Waals surface area (Å²) in [5, 5.41) is 3.10. The Kier molecular flexibility index (Phi) is 8.43. The molecule has 3 saturated heterocycles. The molecule has 1 spiro atoms. The van der Waals surface area contributed by atoms with E-state index in [1.807, 2.05) is 4.90 Å². The number of carbonyl (C=O) groups is 2. The van der Waals surface area contributed by atoms with E-state index in [-0.39, 0.29) is 29.6 Å². The van der Waals surface area contributed by atoms with Crippen LogP contribution < -0.4 is 5.32 Å². The average molecular weight is 516 g/mol. The molecule has 0 bridgehead atoms. The van der Waals surface area contributed by atoms with Gasteiger partial charge in [0.25, 0.3) is 0 Å². The zero-order valence-electron chi connectivity index (χ0n) is 21.6. The van der Waals surface area contributed by atoms with Crippen molar-refractivity contribution in [1.29, 1.82) is 0 Å². The highest BCUT2D eigenvalue weighted by molar-refractivity contribution is 7.98. The van der Waals surface area contributed by atoms with Crippen molar-refractivity contribution in [2.24, 2.45) is 11.8 Å². The van der Waals surface area contributed by atoms with Gasteiger partial charge in [-0.25, -0.2) is 4.79 Å². The van der Waals surface area contributed by atoms with Gasteiger partial charge >= 0.3 is 6.09 Å². The number of thioether (sulfide) groups is 1. The van der Waals surface area contributed by atoms with Crippen LogP contribution in [-0.4, -0.2) is 79.1 Å². The lowest BCUT2D eigenvalue weighted by atomic mass is 9.81. The first kappa shape index (κ1) is 25.9. The molecule has 4 aliphatic rings. The van der Waals surface area contributed by atoms with Crippen LogP contribution in [0.5, 0.6) is 0 Å². The number of amides is 2. The van der Waals surface area contributed by atoms with E-state index in [9.17, 15) is 9.59 Å². The van der Waals surface area contributed by atoms with Crippen molar-refractivity contribution in [3.8, 4) is 0 Å². The lowest BCUT2D eigenvalue weighted by Gasteiger charge is -2.37. The Morgan fingerprint density at radius 2 is 1.86 bits per heavy atom. The second kappa shape index (κ2) is 11.7. The van der Waals surface area contributed by atoms with Gasteiger partial charge in [0.05, 0.1) is 12.6 Å². The van der Waals surface area contributed by atoms with E-state index in [2.05, 4.69) is 40.7 Å². The molecule has 4 fully saturated rings. The molecule has 36 heavy (non-hydrogen) atoms. The van der Waals surface area contributed by atoms with E-state index in [0.29, 0.717) is 19.0 Å². The second-order valence-corrected chi connectivity index (χ2v) is 12.0. The summed E-state index contributed by atoms with van der Waals surface area (Å²) >= 11 is 1.77. The first-order valence-electron chi connectivity index (χ1n) is 13.7. The maximum absolute atomic E-state index is 12.8. The normalized spacial score (nSPS) is 28.4. The Morgan fingerprint density at radius 3 is 2.53 bits per heavy atom.